The number of unbranched alkanes of at least 4 members (excludes halogenated alkanes) is 6. The van der Waals surface area contributed by atoms with Crippen LogP contribution < -0.4 is 0 Å². The second-order valence-electron chi connectivity index (χ2n) is 20.8. The Labute approximate surface area is 425 Å². The van der Waals surface area contributed by atoms with Crippen LogP contribution in [0.1, 0.15) is 125 Å². The average Bonchev–Trinajstić information content (AvgIpc) is 4.01. The minimum absolute atomic E-state index is 0.352. The molecule has 1 saturated carbocycles. The summed E-state index contributed by atoms with van der Waals surface area (Å²) in [5, 5.41) is 10.0. The molecule has 11 aromatic rings. The van der Waals surface area contributed by atoms with E-state index in [0.717, 1.165) is 74.1 Å². The molecule has 0 N–H and O–H groups in total. The van der Waals surface area contributed by atoms with E-state index in [1.165, 1.54) is 137 Å². The first kappa shape index (κ1) is 45.9. The van der Waals surface area contributed by atoms with E-state index in [2.05, 4.69) is 196 Å². The molecule has 2 nitrogen and oxygen atoms in total. The second kappa shape index (κ2) is 20.5. The number of fused-ring (bicyclic) bond motifs is 7. The van der Waals surface area contributed by atoms with Gasteiger partial charge in [0.15, 0.2) is 0 Å². The lowest BCUT2D eigenvalue weighted by Crippen LogP contribution is -2.12. The summed E-state index contributed by atoms with van der Waals surface area (Å²) in [5.74, 6) is 3.09. The van der Waals surface area contributed by atoms with Gasteiger partial charge >= 0.3 is 0 Å². The number of aryl methyl sites for hydroxylation is 2. The maximum Gasteiger partial charge on any atom is 0.143 e. The lowest BCUT2D eigenvalue weighted by atomic mass is 9.74. The SMILES string of the molecule is CCCCCCc1oc2c(cc(C3CCC(c4ccc5ccccc5c4)CC3)c3c4oc(CCCCCC)c(-c5ccccc5)c4cc(-c4ccc(-c5cccc6ccccc56)cc4)c23)c1-c1ccccc1. The van der Waals surface area contributed by atoms with E-state index < -0.39 is 0 Å². The Kier molecular flexibility index (Phi) is 13.1. The van der Waals surface area contributed by atoms with E-state index in [1.807, 2.05) is 0 Å². The van der Waals surface area contributed by atoms with Crippen molar-refractivity contribution in [2.24, 2.45) is 0 Å². The van der Waals surface area contributed by atoms with Gasteiger partial charge in [0.25, 0.3) is 0 Å². The van der Waals surface area contributed by atoms with Crippen molar-refractivity contribution >= 4 is 54.3 Å². The average molecular weight is 939 g/mol. The second-order valence-corrected chi connectivity index (χ2v) is 20.8. The van der Waals surface area contributed by atoms with Crippen LogP contribution in [0.15, 0.2) is 191 Å². The smallest absolute Gasteiger partial charge is 0.143 e. The standard InChI is InChI=1S/C70H66O2/c1-3-5-7-15-32-63-65(53-24-11-9-12-25-53)61-45-59(51-37-34-48(35-38-51)56-43-36-47-22-17-18-28-55(47)44-56)67-68(70(61)72-63)60(52-41-39-50(40-42-52)58-31-21-29-49-23-19-20-30-57(49)58)46-62-66(54-26-13-10-14-27-54)64(71-69(62)67)33-16-8-6-4-2/h9-14,17-31,36,39-46,48,51H,3-8,15-16,32-35,37-38H2,1-2H3. The van der Waals surface area contributed by atoms with Crippen molar-refractivity contribution in [3.63, 3.8) is 0 Å². The molecular weight excluding hydrogens is 873 g/mol. The summed E-state index contributed by atoms with van der Waals surface area (Å²) in [7, 11) is 0. The van der Waals surface area contributed by atoms with E-state index in [-0.39, 0.29) is 0 Å². The van der Waals surface area contributed by atoms with Crippen molar-refractivity contribution in [3.8, 4) is 44.5 Å². The third kappa shape index (κ3) is 8.74. The molecular formula is C70H66O2. The number of rotatable bonds is 16. The maximum absolute atomic E-state index is 7.54. The first-order valence-corrected chi connectivity index (χ1v) is 27.3. The fourth-order valence-electron chi connectivity index (χ4n) is 12.5. The molecule has 2 heteroatoms. The molecule has 358 valence electrons. The molecule has 1 fully saturated rings. The van der Waals surface area contributed by atoms with Gasteiger partial charge in [-0.15, -0.1) is 0 Å². The van der Waals surface area contributed by atoms with E-state index >= 15 is 0 Å². The van der Waals surface area contributed by atoms with Crippen molar-refractivity contribution < 1.29 is 8.83 Å². The summed E-state index contributed by atoms with van der Waals surface area (Å²) in [6, 6.07) is 68.0. The lowest BCUT2D eigenvalue weighted by molar-refractivity contribution is 0.398. The number of hydrogen-bond donors (Lipinski definition) is 0. The monoisotopic (exact) mass is 939 g/mol. The van der Waals surface area contributed by atoms with Gasteiger partial charge in [0.05, 0.1) is 0 Å². The molecule has 1 aliphatic rings. The minimum Gasteiger partial charge on any atom is -0.460 e. The molecule has 0 aliphatic heterocycles. The Morgan fingerprint density at radius 2 is 0.903 bits per heavy atom. The van der Waals surface area contributed by atoms with Crippen molar-refractivity contribution in [1.82, 2.24) is 0 Å². The van der Waals surface area contributed by atoms with Crippen LogP contribution in [-0.2, 0) is 12.8 Å². The molecule has 2 heterocycles. The van der Waals surface area contributed by atoms with Gasteiger partial charge in [0.1, 0.15) is 22.7 Å². The minimum atomic E-state index is 0.352. The van der Waals surface area contributed by atoms with E-state index in [1.54, 1.807) is 0 Å². The van der Waals surface area contributed by atoms with Crippen molar-refractivity contribution in [1.29, 1.82) is 0 Å². The van der Waals surface area contributed by atoms with Crippen LogP contribution in [0.2, 0.25) is 0 Å². The van der Waals surface area contributed by atoms with Gasteiger partial charge in [-0.05, 0) is 129 Å². The predicted molar refractivity (Wildman–Crippen MR) is 306 cm³/mol. The van der Waals surface area contributed by atoms with Crippen molar-refractivity contribution in [2.75, 3.05) is 0 Å². The van der Waals surface area contributed by atoms with E-state index in [4.69, 9.17) is 8.83 Å². The molecule has 0 atom stereocenters. The Hall–Kier alpha value is -7.16. The van der Waals surface area contributed by atoms with Crippen LogP contribution in [0.4, 0.5) is 0 Å². The highest BCUT2D eigenvalue weighted by atomic mass is 16.3. The van der Waals surface area contributed by atoms with Gasteiger partial charge in [0.2, 0.25) is 0 Å². The molecule has 0 radical (unpaired) electrons. The first-order valence-electron chi connectivity index (χ1n) is 27.3. The van der Waals surface area contributed by atoms with Crippen LogP contribution in [-0.4, -0.2) is 0 Å². The molecule has 0 saturated heterocycles. The third-order valence-electron chi connectivity index (χ3n) is 16.2. The summed E-state index contributed by atoms with van der Waals surface area (Å²) in [4.78, 5) is 0. The molecule has 0 bridgehead atoms. The number of hydrogen-bond acceptors (Lipinski definition) is 2. The fourth-order valence-corrected chi connectivity index (χ4v) is 12.5. The van der Waals surface area contributed by atoms with Crippen LogP contribution in [0.3, 0.4) is 0 Å². The van der Waals surface area contributed by atoms with Crippen LogP contribution in [0, 0.1) is 0 Å². The Bertz CT molecular complexity index is 3640. The third-order valence-corrected chi connectivity index (χ3v) is 16.2. The van der Waals surface area contributed by atoms with Crippen LogP contribution >= 0.6 is 0 Å². The van der Waals surface area contributed by atoms with Gasteiger partial charge < -0.3 is 8.83 Å². The van der Waals surface area contributed by atoms with Crippen LogP contribution in [0.5, 0.6) is 0 Å². The normalized spacial score (nSPS) is 15.1. The highest BCUT2D eigenvalue weighted by Crippen LogP contribution is 2.53. The summed E-state index contributed by atoms with van der Waals surface area (Å²) in [5.41, 5.74) is 14.7. The highest BCUT2D eigenvalue weighted by Gasteiger charge is 2.32. The zero-order valence-electron chi connectivity index (χ0n) is 42.2. The van der Waals surface area contributed by atoms with Gasteiger partial charge in [-0.1, -0.05) is 222 Å². The fraction of sp³-hybridized carbons (Fsp3) is 0.257. The van der Waals surface area contributed by atoms with Crippen molar-refractivity contribution in [3.05, 3.63) is 205 Å². The number of furan rings is 2. The first-order chi connectivity index (χ1) is 35.6. The maximum atomic E-state index is 7.54. The highest BCUT2D eigenvalue weighted by molar-refractivity contribution is 6.25. The van der Waals surface area contributed by atoms with Gasteiger partial charge in [0, 0.05) is 45.5 Å². The van der Waals surface area contributed by atoms with Crippen molar-refractivity contribution in [2.45, 2.75) is 116 Å². The summed E-state index contributed by atoms with van der Waals surface area (Å²) < 4.78 is 15.1. The quantitative estimate of drug-likeness (QED) is 0.0903. The lowest BCUT2D eigenvalue weighted by Gasteiger charge is -2.30. The number of benzene rings is 9. The zero-order valence-corrected chi connectivity index (χ0v) is 42.2. The summed E-state index contributed by atoms with van der Waals surface area (Å²) in [6.45, 7) is 4.59. The molecule has 12 rings (SSSR count). The Balaban J connectivity index is 1.12. The molecule has 72 heavy (non-hydrogen) atoms. The van der Waals surface area contributed by atoms with Gasteiger partial charge in [-0.2, -0.15) is 0 Å². The topological polar surface area (TPSA) is 26.3 Å². The summed E-state index contributed by atoms with van der Waals surface area (Å²) in [6.07, 6.45) is 15.8. The largest absolute Gasteiger partial charge is 0.460 e. The van der Waals surface area contributed by atoms with Gasteiger partial charge in [-0.25, -0.2) is 0 Å². The summed E-state index contributed by atoms with van der Waals surface area (Å²) >= 11 is 0. The molecule has 9 aromatic carbocycles. The van der Waals surface area contributed by atoms with E-state index in [9.17, 15) is 0 Å². The molecule has 0 amide bonds. The van der Waals surface area contributed by atoms with E-state index in [0.29, 0.717) is 11.8 Å². The van der Waals surface area contributed by atoms with Crippen LogP contribution in [0.25, 0.3) is 98.8 Å². The predicted octanol–water partition coefficient (Wildman–Crippen LogP) is 21.0. The molecule has 2 aromatic heterocycles. The molecule has 0 unspecified atom stereocenters. The Morgan fingerprint density at radius 1 is 0.375 bits per heavy atom. The molecule has 1 aliphatic carbocycles. The Morgan fingerprint density at radius 3 is 1.54 bits per heavy atom. The molecule has 0 spiro atoms. The van der Waals surface area contributed by atoms with Gasteiger partial charge in [-0.3, -0.25) is 0 Å². The zero-order chi connectivity index (χ0) is 48.4.